The second kappa shape index (κ2) is 13.8. The number of rotatable bonds is 10. The maximum Gasteiger partial charge on any atom is 0.636 e. The van der Waals surface area contributed by atoms with Crippen LogP contribution in [-0.2, 0) is 25.4 Å². The molecule has 1 aliphatic heterocycles. The Morgan fingerprint density at radius 2 is 1.57 bits per heavy atom. The van der Waals surface area contributed by atoms with Gasteiger partial charge in [-0.25, -0.2) is 0 Å². The lowest BCUT2D eigenvalue weighted by molar-refractivity contribution is -0.145. The van der Waals surface area contributed by atoms with Crippen molar-refractivity contribution in [3.63, 3.8) is 0 Å². The highest BCUT2D eigenvalue weighted by Crippen LogP contribution is 2.32. The summed E-state index contributed by atoms with van der Waals surface area (Å²) in [6, 6.07) is 19.3. The molecule has 4 rings (SSSR count). The summed E-state index contributed by atoms with van der Waals surface area (Å²) in [6.07, 6.45) is 3.06. The maximum atomic E-state index is 11.1. The summed E-state index contributed by atoms with van der Waals surface area (Å²) in [7, 11) is 0.596. The molecule has 3 aromatic carbocycles. The van der Waals surface area contributed by atoms with Crippen molar-refractivity contribution in [3.8, 4) is 22.6 Å². The second-order valence-electron chi connectivity index (χ2n) is 10.2. The van der Waals surface area contributed by atoms with Crippen LogP contribution in [0.3, 0.4) is 0 Å². The number of benzene rings is 3. The smallest absolute Gasteiger partial charge is 0.494 e. The first-order valence-electron chi connectivity index (χ1n) is 13.7. The third-order valence-corrected chi connectivity index (χ3v) is 6.52. The van der Waals surface area contributed by atoms with Gasteiger partial charge in [-0.05, 0) is 78.9 Å². The lowest BCUT2D eigenvalue weighted by Gasteiger charge is -2.20. The van der Waals surface area contributed by atoms with Crippen LogP contribution in [0.15, 0.2) is 85.0 Å². The van der Waals surface area contributed by atoms with Gasteiger partial charge in [0, 0.05) is 25.9 Å². The van der Waals surface area contributed by atoms with Gasteiger partial charge in [0.2, 0.25) is 0 Å². The molecule has 3 aromatic rings. The van der Waals surface area contributed by atoms with Gasteiger partial charge in [-0.15, -0.1) is 0 Å². The van der Waals surface area contributed by atoms with E-state index in [0.29, 0.717) is 30.8 Å². The number of hydrogen-bond acceptors (Lipinski definition) is 9. The van der Waals surface area contributed by atoms with Crippen LogP contribution in [0, 0.1) is 13.8 Å². The Bertz CT molecular complexity index is 1410. The van der Waals surface area contributed by atoms with Gasteiger partial charge in [-0.3, -0.25) is 4.79 Å². The van der Waals surface area contributed by atoms with Crippen molar-refractivity contribution >= 4 is 18.6 Å². The van der Waals surface area contributed by atoms with E-state index in [1.54, 1.807) is 31.3 Å². The van der Waals surface area contributed by atoms with Gasteiger partial charge in [0.1, 0.15) is 24.2 Å². The molecule has 0 spiro atoms. The zero-order valence-corrected chi connectivity index (χ0v) is 24.5. The summed E-state index contributed by atoms with van der Waals surface area (Å²) in [5, 5.41) is 19.9. The zero-order chi connectivity index (χ0) is 30.2. The highest BCUT2D eigenvalue weighted by atomic mass is 16.7. The first kappa shape index (κ1) is 30.2. The van der Waals surface area contributed by atoms with E-state index in [1.807, 2.05) is 31.2 Å². The van der Waals surface area contributed by atoms with E-state index in [0.717, 1.165) is 33.6 Å². The van der Waals surface area contributed by atoms with Gasteiger partial charge in [0.25, 0.3) is 11.9 Å². The van der Waals surface area contributed by atoms with E-state index in [2.05, 4.69) is 26.0 Å². The van der Waals surface area contributed by atoms with Crippen molar-refractivity contribution in [2.45, 2.75) is 46.8 Å². The molecule has 9 nitrogen and oxygen atoms in total. The molecule has 0 saturated heterocycles. The Morgan fingerprint density at radius 1 is 0.929 bits per heavy atom. The summed E-state index contributed by atoms with van der Waals surface area (Å²) in [4.78, 5) is 12.5. The van der Waals surface area contributed by atoms with Gasteiger partial charge in [-0.1, -0.05) is 30.3 Å². The third-order valence-electron chi connectivity index (χ3n) is 6.52. The number of aryl methyl sites for hydroxylation is 2. The van der Waals surface area contributed by atoms with E-state index in [1.165, 1.54) is 24.2 Å². The largest absolute Gasteiger partial charge is 0.636 e. The zero-order valence-electron chi connectivity index (χ0n) is 24.5. The van der Waals surface area contributed by atoms with E-state index >= 15 is 0 Å². The van der Waals surface area contributed by atoms with Crippen molar-refractivity contribution in [3.05, 3.63) is 102 Å². The highest BCUT2D eigenvalue weighted by molar-refractivity contribution is 6.61. The highest BCUT2D eigenvalue weighted by Gasteiger charge is 2.29. The normalized spacial score (nSPS) is 16.4. The summed E-state index contributed by atoms with van der Waals surface area (Å²) in [5.74, 6) is 0.454. The first-order chi connectivity index (χ1) is 20.1. The standard InChI is InChI=1S/C32H36BNO8/c1-21-15-29(38-14-13-23(3)40-24(4)35)16-22(2)32(21)26-8-6-7-25(17-26)20-39-28-11-9-27(10-12-28)33-41-30(36)18-34(5)19-31(37)42-33/h6-12,15-19,23,36-37H,13-14,20H2,1-5H3/b30-18-,31-19-/t23-/m1/s1. The molecule has 0 unspecified atom stereocenters. The van der Waals surface area contributed by atoms with Crippen molar-refractivity contribution in [2.75, 3.05) is 13.7 Å². The van der Waals surface area contributed by atoms with Gasteiger partial charge >= 0.3 is 13.1 Å². The molecule has 0 aromatic heterocycles. The molecule has 10 heteroatoms. The van der Waals surface area contributed by atoms with E-state index in [4.69, 9.17) is 23.5 Å². The maximum absolute atomic E-state index is 11.1. The summed E-state index contributed by atoms with van der Waals surface area (Å²) >= 11 is 0. The second-order valence-corrected chi connectivity index (χ2v) is 10.2. The molecule has 42 heavy (non-hydrogen) atoms. The Balaban J connectivity index is 1.38. The molecule has 1 aliphatic rings. The number of aliphatic hydroxyl groups excluding tert-OH is 2. The lowest BCUT2D eigenvalue weighted by atomic mass is 9.79. The van der Waals surface area contributed by atoms with Gasteiger partial charge < -0.3 is 38.6 Å². The quantitative estimate of drug-likeness (QED) is 0.235. The third kappa shape index (κ3) is 8.39. The van der Waals surface area contributed by atoms with Crippen molar-refractivity contribution in [1.29, 1.82) is 0 Å². The molecule has 0 aliphatic carbocycles. The van der Waals surface area contributed by atoms with Crippen molar-refractivity contribution < 1.29 is 38.5 Å². The van der Waals surface area contributed by atoms with Gasteiger partial charge in [-0.2, -0.15) is 0 Å². The monoisotopic (exact) mass is 573 g/mol. The minimum atomic E-state index is -1.02. The fraction of sp³-hybridized carbons (Fsp3) is 0.281. The first-order valence-corrected chi connectivity index (χ1v) is 13.7. The minimum Gasteiger partial charge on any atom is -0.494 e. The molecule has 0 fully saturated rings. The molecule has 0 amide bonds. The van der Waals surface area contributed by atoms with Crippen molar-refractivity contribution in [1.82, 2.24) is 4.90 Å². The predicted molar refractivity (Wildman–Crippen MR) is 160 cm³/mol. The number of hydrogen-bond donors (Lipinski definition) is 2. The SMILES string of the molecule is CC(=O)O[C@H](C)CCOc1cc(C)c(-c2cccc(COc3ccc(B4O/C(O)=C\N(C)/C=C(/O)O4)cc3)c2)c(C)c1. The fourth-order valence-electron chi connectivity index (χ4n) is 4.68. The van der Waals surface area contributed by atoms with Crippen LogP contribution in [0.25, 0.3) is 11.1 Å². The number of ether oxygens (including phenoxy) is 3. The summed E-state index contributed by atoms with van der Waals surface area (Å²) in [5.41, 5.74) is 6.02. The van der Waals surface area contributed by atoms with Crippen LogP contribution in [0.1, 0.15) is 37.0 Å². The topological polar surface area (TPSA) is 107 Å². The Labute approximate surface area is 246 Å². The van der Waals surface area contributed by atoms with E-state index in [9.17, 15) is 15.0 Å². The van der Waals surface area contributed by atoms with Crippen LogP contribution in [0.2, 0.25) is 0 Å². The molecular formula is C32H36BNO8. The lowest BCUT2D eigenvalue weighted by Crippen LogP contribution is -2.37. The number of nitrogens with zero attached hydrogens (tertiary/aromatic N) is 1. The average Bonchev–Trinajstić information content (AvgIpc) is 2.90. The number of carbonyl (C=O) groups is 1. The van der Waals surface area contributed by atoms with E-state index < -0.39 is 7.12 Å². The fourth-order valence-corrected chi connectivity index (χ4v) is 4.68. The Hall–Kier alpha value is -4.73. The average molecular weight is 573 g/mol. The molecule has 2 N–H and O–H groups in total. The van der Waals surface area contributed by atoms with Gasteiger partial charge in [0.15, 0.2) is 0 Å². The predicted octanol–water partition coefficient (Wildman–Crippen LogP) is 5.66. The Kier molecular flexibility index (Phi) is 9.91. The molecule has 1 atom stereocenters. The molecular weight excluding hydrogens is 537 g/mol. The molecule has 0 bridgehead atoms. The minimum absolute atomic E-state index is 0.192. The molecule has 0 radical (unpaired) electrons. The number of carbonyl (C=O) groups excluding carboxylic acids is 1. The summed E-state index contributed by atoms with van der Waals surface area (Å²) < 4.78 is 27.9. The van der Waals surface area contributed by atoms with Crippen LogP contribution in [-0.4, -0.2) is 48.0 Å². The molecule has 220 valence electrons. The van der Waals surface area contributed by atoms with E-state index in [-0.39, 0.29) is 24.0 Å². The van der Waals surface area contributed by atoms with Crippen LogP contribution >= 0.6 is 0 Å². The Morgan fingerprint density at radius 3 is 2.19 bits per heavy atom. The molecule has 0 saturated carbocycles. The van der Waals surface area contributed by atoms with Gasteiger partial charge in [0.05, 0.1) is 19.0 Å². The van der Waals surface area contributed by atoms with Crippen LogP contribution in [0.4, 0.5) is 0 Å². The number of aliphatic hydroxyl groups is 2. The van der Waals surface area contributed by atoms with Crippen LogP contribution < -0.4 is 14.9 Å². The summed E-state index contributed by atoms with van der Waals surface area (Å²) in [6.45, 7) is 8.21. The molecule has 1 heterocycles. The van der Waals surface area contributed by atoms with Crippen LogP contribution in [0.5, 0.6) is 11.5 Å². The van der Waals surface area contributed by atoms with Crippen molar-refractivity contribution in [2.24, 2.45) is 0 Å². The number of esters is 1.